The molecule has 0 unspecified atom stereocenters. The molecular weight excluding hydrogens is 265 g/mol. The van der Waals surface area contributed by atoms with Crippen LogP contribution in [0.5, 0.6) is 0 Å². The molecule has 0 fully saturated rings. The minimum atomic E-state index is -3.64. The van der Waals surface area contributed by atoms with Crippen LogP contribution in [0.25, 0.3) is 0 Å². The summed E-state index contributed by atoms with van der Waals surface area (Å²) in [6.07, 6.45) is 0. The van der Waals surface area contributed by atoms with Crippen molar-refractivity contribution in [3.63, 3.8) is 0 Å². The molecule has 6 nitrogen and oxygen atoms in total. The van der Waals surface area contributed by atoms with Gasteiger partial charge in [-0.25, -0.2) is 17.6 Å². The van der Waals surface area contributed by atoms with Crippen molar-refractivity contribution in [1.82, 2.24) is 0 Å². The van der Waals surface area contributed by atoms with Crippen LogP contribution in [0.15, 0.2) is 18.2 Å². The first-order valence-corrected chi connectivity index (χ1v) is 6.53. The Balaban J connectivity index is 2.92. The third kappa shape index (κ3) is 3.97. The molecule has 0 saturated heterocycles. The normalized spacial score (nSPS) is 11.2. The van der Waals surface area contributed by atoms with Crippen molar-refractivity contribution in [2.75, 3.05) is 24.2 Å². The maximum absolute atomic E-state index is 13.1. The molecule has 0 heterocycles. The van der Waals surface area contributed by atoms with Gasteiger partial charge in [0.05, 0.1) is 17.9 Å². The number of hydrogen-bond donors (Lipinski definition) is 2. The summed E-state index contributed by atoms with van der Waals surface area (Å²) in [5, 5.41) is 8.69. The van der Waals surface area contributed by atoms with Gasteiger partial charge in [-0.2, -0.15) is 0 Å². The molecule has 1 aromatic carbocycles. The lowest BCUT2D eigenvalue weighted by Crippen LogP contribution is -2.20. The predicted molar refractivity (Wildman–Crippen MR) is 62.6 cm³/mol. The number of sulfonamides is 1. The summed E-state index contributed by atoms with van der Waals surface area (Å²) in [5.41, 5.74) is -0.605. The Kier molecular flexibility index (Phi) is 4.62. The van der Waals surface area contributed by atoms with Gasteiger partial charge < -0.3 is 9.84 Å². The van der Waals surface area contributed by atoms with E-state index in [1.165, 1.54) is 7.11 Å². The fourth-order valence-corrected chi connectivity index (χ4v) is 2.15. The second kappa shape index (κ2) is 5.78. The fraction of sp³-hybridized carbons (Fsp3) is 0.300. The first-order chi connectivity index (χ1) is 8.35. The zero-order valence-corrected chi connectivity index (χ0v) is 10.3. The van der Waals surface area contributed by atoms with Crippen molar-refractivity contribution in [1.29, 1.82) is 0 Å². The van der Waals surface area contributed by atoms with E-state index in [0.29, 0.717) is 0 Å². The molecule has 0 aliphatic rings. The first kappa shape index (κ1) is 14.4. The second-order valence-corrected chi connectivity index (χ2v) is 5.26. The molecule has 0 radical (unpaired) electrons. The highest BCUT2D eigenvalue weighted by Gasteiger charge is 2.14. The van der Waals surface area contributed by atoms with Crippen LogP contribution in [0.4, 0.5) is 10.1 Å². The van der Waals surface area contributed by atoms with Gasteiger partial charge in [-0.15, -0.1) is 0 Å². The Morgan fingerprint density at radius 2 is 2.17 bits per heavy atom. The summed E-state index contributed by atoms with van der Waals surface area (Å²) < 4.78 is 42.8. The summed E-state index contributed by atoms with van der Waals surface area (Å²) in [6, 6.07) is 2.95. The number of nitrogens with one attached hydrogen (secondary N) is 1. The highest BCUT2D eigenvalue weighted by Crippen LogP contribution is 2.16. The predicted octanol–water partition coefficient (Wildman–Crippen LogP) is 0.912. The summed E-state index contributed by atoms with van der Waals surface area (Å²) in [4.78, 5) is 10.7. The number of aromatic carboxylic acids is 1. The van der Waals surface area contributed by atoms with Gasteiger partial charge in [-0.3, -0.25) is 4.72 Å². The fourth-order valence-electron chi connectivity index (χ4n) is 1.18. The van der Waals surface area contributed by atoms with Gasteiger partial charge in [0, 0.05) is 12.8 Å². The maximum atomic E-state index is 13.1. The van der Waals surface area contributed by atoms with E-state index in [1.54, 1.807) is 0 Å². The van der Waals surface area contributed by atoms with Crippen molar-refractivity contribution in [2.24, 2.45) is 0 Å². The first-order valence-electron chi connectivity index (χ1n) is 4.88. The third-order valence-corrected chi connectivity index (χ3v) is 3.28. The van der Waals surface area contributed by atoms with Gasteiger partial charge in [0.2, 0.25) is 10.0 Å². The molecule has 0 atom stereocenters. The van der Waals surface area contributed by atoms with E-state index >= 15 is 0 Å². The largest absolute Gasteiger partial charge is 0.478 e. The zero-order valence-electron chi connectivity index (χ0n) is 9.51. The molecule has 0 aliphatic carbocycles. The second-order valence-electron chi connectivity index (χ2n) is 3.41. The van der Waals surface area contributed by atoms with Crippen molar-refractivity contribution in [2.45, 2.75) is 0 Å². The quantitative estimate of drug-likeness (QED) is 0.806. The Bertz CT molecular complexity index is 543. The number of carbonyl (C=O) groups is 1. The summed E-state index contributed by atoms with van der Waals surface area (Å²) in [5.74, 6) is -2.67. The number of halogens is 1. The monoisotopic (exact) mass is 277 g/mol. The van der Waals surface area contributed by atoms with Crippen LogP contribution in [0.2, 0.25) is 0 Å². The topological polar surface area (TPSA) is 92.7 Å². The molecule has 2 N–H and O–H groups in total. The van der Waals surface area contributed by atoms with Gasteiger partial charge in [-0.1, -0.05) is 0 Å². The van der Waals surface area contributed by atoms with Crippen molar-refractivity contribution >= 4 is 21.7 Å². The third-order valence-electron chi connectivity index (χ3n) is 2.03. The molecule has 100 valence electrons. The maximum Gasteiger partial charge on any atom is 0.338 e. The minimum absolute atomic E-state index is 0.00230. The van der Waals surface area contributed by atoms with Crippen LogP contribution < -0.4 is 4.72 Å². The van der Waals surface area contributed by atoms with Gasteiger partial charge in [0.25, 0.3) is 0 Å². The number of benzene rings is 1. The average molecular weight is 277 g/mol. The Morgan fingerprint density at radius 1 is 1.50 bits per heavy atom. The van der Waals surface area contributed by atoms with Crippen molar-refractivity contribution in [3.8, 4) is 0 Å². The van der Waals surface area contributed by atoms with Crippen LogP contribution in [-0.4, -0.2) is 39.0 Å². The van der Waals surface area contributed by atoms with Gasteiger partial charge in [0.1, 0.15) is 5.82 Å². The summed E-state index contributed by atoms with van der Waals surface area (Å²) in [6.45, 7) is 0.00230. The summed E-state index contributed by atoms with van der Waals surface area (Å²) in [7, 11) is -2.29. The van der Waals surface area contributed by atoms with E-state index in [1.807, 2.05) is 0 Å². The van der Waals surface area contributed by atoms with Crippen LogP contribution in [0.3, 0.4) is 0 Å². The molecule has 1 aromatic rings. The Morgan fingerprint density at radius 3 is 2.72 bits per heavy atom. The number of anilines is 1. The van der Waals surface area contributed by atoms with Crippen LogP contribution in [0.1, 0.15) is 10.4 Å². The zero-order chi connectivity index (χ0) is 13.8. The number of carboxylic acid groups (broad SMARTS) is 1. The highest BCUT2D eigenvalue weighted by atomic mass is 32.2. The molecule has 18 heavy (non-hydrogen) atoms. The number of carboxylic acids is 1. The van der Waals surface area contributed by atoms with Crippen LogP contribution >= 0.6 is 0 Å². The molecular formula is C10H12FNO5S. The lowest BCUT2D eigenvalue weighted by Gasteiger charge is -2.08. The van der Waals surface area contributed by atoms with E-state index in [9.17, 15) is 17.6 Å². The lowest BCUT2D eigenvalue weighted by molar-refractivity contribution is 0.0692. The number of hydrogen-bond acceptors (Lipinski definition) is 4. The van der Waals surface area contributed by atoms with Gasteiger partial charge in [0.15, 0.2) is 0 Å². The Hall–Kier alpha value is -1.67. The van der Waals surface area contributed by atoms with Crippen LogP contribution in [0, 0.1) is 5.82 Å². The number of methoxy groups -OCH3 is 1. The molecule has 1 rings (SSSR count). The molecule has 0 bridgehead atoms. The standard InChI is InChI=1S/C10H12FNO5S/c1-17-4-5-18(15,16)12-7-2-3-9(11)8(6-7)10(13)14/h2-3,6,12H,4-5H2,1H3,(H,13,14). The smallest absolute Gasteiger partial charge is 0.338 e. The molecule has 0 aliphatic heterocycles. The summed E-state index contributed by atoms with van der Waals surface area (Å²) >= 11 is 0. The lowest BCUT2D eigenvalue weighted by atomic mass is 10.2. The SMILES string of the molecule is COCCS(=O)(=O)Nc1ccc(F)c(C(=O)O)c1. The molecule has 8 heteroatoms. The van der Waals surface area contributed by atoms with E-state index in [0.717, 1.165) is 18.2 Å². The number of ether oxygens (including phenoxy) is 1. The molecule has 0 aromatic heterocycles. The van der Waals surface area contributed by atoms with Crippen molar-refractivity contribution in [3.05, 3.63) is 29.6 Å². The average Bonchev–Trinajstić information content (AvgIpc) is 2.28. The molecule has 0 amide bonds. The van der Waals surface area contributed by atoms with E-state index < -0.39 is 27.4 Å². The van der Waals surface area contributed by atoms with Gasteiger partial charge in [-0.05, 0) is 18.2 Å². The minimum Gasteiger partial charge on any atom is -0.478 e. The van der Waals surface area contributed by atoms with E-state index in [4.69, 9.17) is 5.11 Å². The van der Waals surface area contributed by atoms with Gasteiger partial charge >= 0.3 is 5.97 Å². The van der Waals surface area contributed by atoms with E-state index in [2.05, 4.69) is 9.46 Å². The number of rotatable bonds is 6. The van der Waals surface area contributed by atoms with E-state index in [-0.39, 0.29) is 18.0 Å². The molecule has 0 saturated carbocycles. The molecule has 0 spiro atoms. The highest BCUT2D eigenvalue weighted by molar-refractivity contribution is 7.92. The van der Waals surface area contributed by atoms with Crippen LogP contribution in [-0.2, 0) is 14.8 Å². The Labute approximate surface area is 103 Å². The van der Waals surface area contributed by atoms with Crippen molar-refractivity contribution < 1.29 is 27.4 Å².